The van der Waals surface area contributed by atoms with E-state index in [1.807, 2.05) is 0 Å². The Kier molecular flexibility index (Phi) is 6.20. The summed E-state index contributed by atoms with van der Waals surface area (Å²) < 4.78 is 22.9. The van der Waals surface area contributed by atoms with Crippen molar-refractivity contribution >= 4 is 29.2 Å². The Balaban J connectivity index is 1.84. The number of nitrogens with one attached hydrogen (secondary N) is 2. The number of nitro groups is 1. The van der Waals surface area contributed by atoms with Crippen molar-refractivity contribution in [2.45, 2.75) is 13.0 Å². The van der Waals surface area contributed by atoms with Gasteiger partial charge in [-0.15, -0.1) is 0 Å². The molecule has 0 unspecified atom stereocenters. The molecule has 0 aliphatic rings. The summed E-state index contributed by atoms with van der Waals surface area (Å²) in [5, 5.41) is 15.2. The normalized spacial score (nSPS) is 11.3. The van der Waals surface area contributed by atoms with E-state index in [-0.39, 0.29) is 11.4 Å². The highest BCUT2D eigenvalue weighted by molar-refractivity contribution is 5.96. The first-order valence-electron chi connectivity index (χ1n) is 7.52. The van der Waals surface area contributed by atoms with Gasteiger partial charge in [0.2, 0.25) is 5.82 Å². The highest BCUT2D eigenvalue weighted by Gasteiger charge is 2.21. The fraction of sp³-hybridized carbons (Fsp3) is 0.188. The molecule has 0 spiro atoms. The Morgan fingerprint density at radius 2 is 2.07 bits per heavy atom. The molecule has 10 nitrogen and oxygen atoms in total. The second-order valence-electron chi connectivity index (χ2n) is 5.25. The van der Waals surface area contributed by atoms with Crippen LogP contribution < -0.4 is 10.6 Å². The lowest BCUT2D eigenvalue weighted by Gasteiger charge is -2.12. The molecule has 2 amide bonds. The third kappa shape index (κ3) is 5.36. The molecule has 1 heterocycles. The zero-order valence-electron chi connectivity index (χ0n) is 13.9. The van der Waals surface area contributed by atoms with Gasteiger partial charge in [0.05, 0.1) is 11.2 Å². The molecule has 2 rings (SSSR count). The second kappa shape index (κ2) is 8.56. The quantitative estimate of drug-likeness (QED) is 0.423. The number of carbonyl (C=O) groups is 3. The molecule has 11 heteroatoms. The number of hydrogen-bond donors (Lipinski definition) is 2. The zero-order valence-corrected chi connectivity index (χ0v) is 13.9. The van der Waals surface area contributed by atoms with Crippen LogP contribution in [-0.4, -0.2) is 35.4 Å². The SMILES string of the molecule is C[C@H](NC(=O)c1ccco1)C(=O)OCC(=O)Nc1ccc(F)c([N+](=O)[O-])c1. The van der Waals surface area contributed by atoms with Gasteiger partial charge in [-0.25, -0.2) is 4.79 Å². The Morgan fingerprint density at radius 1 is 1.33 bits per heavy atom. The lowest BCUT2D eigenvalue weighted by atomic mass is 10.2. The summed E-state index contributed by atoms with van der Waals surface area (Å²) in [5.41, 5.74) is -0.845. The van der Waals surface area contributed by atoms with Crippen LogP contribution >= 0.6 is 0 Å². The summed E-state index contributed by atoms with van der Waals surface area (Å²) in [5.74, 6) is -3.35. The van der Waals surface area contributed by atoms with Gasteiger partial charge in [0.25, 0.3) is 11.8 Å². The van der Waals surface area contributed by atoms with Crippen molar-refractivity contribution in [1.82, 2.24) is 5.32 Å². The van der Waals surface area contributed by atoms with Crippen LogP contribution in [0.1, 0.15) is 17.5 Å². The van der Waals surface area contributed by atoms with Crippen molar-refractivity contribution in [3.8, 4) is 0 Å². The third-order valence-corrected chi connectivity index (χ3v) is 3.22. The van der Waals surface area contributed by atoms with Gasteiger partial charge in [0.1, 0.15) is 6.04 Å². The maximum atomic E-state index is 13.2. The average molecular weight is 379 g/mol. The lowest BCUT2D eigenvalue weighted by molar-refractivity contribution is -0.387. The highest BCUT2D eigenvalue weighted by Crippen LogP contribution is 2.21. The van der Waals surface area contributed by atoms with Crippen molar-refractivity contribution in [1.29, 1.82) is 0 Å². The van der Waals surface area contributed by atoms with Crippen LogP contribution in [0.3, 0.4) is 0 Å². The molecule has 0 fully saturated rings. The lowest BCUT2D eigenvalue weighted by Crippen LogP contribution is -2.40. The molecule has 1 atom stereocenters. The van der Waals surface area contributed by atoms with E-state index >= 15 is 0 Å². The maximum Gasteiger partial charge on any atom is 0.328 e. The van der Waals surface area contributed by atoms with Gasteiger partial charge in [0.15, 0.2) is 12.4 Å². The van der Waals surface area contributed by atoms with E-state index in [1.165, 1.54) is 25.3 Å². The number of nitrogens with zero attached hydrogens (tertiary/aromatic N) is 1. The van der Waals surface area contributed by atoms with Crippen LogP contribution in [-0.2, 0) is 14.3 Å². The molecule has 0 aliphatic carbocycles. The number of hydrogen-bond acceptors (Lipinski definition) is 7. The number of esters is 1. The first kappa shape index (κ1) is 19.6. The smallest absolute Gasteiger partial charge is 0.328 e. The largest absolute Gasteiger partial charge is 0.459 e. The molecule has 1 aromatic heterocycles. The summed E-state index contributed by atoms with van der Waals surface area (Å²) in [6, 6.07) is 4.63. The Labute approximate surface area is 151 Å². The first-order chi connectivity index (χ1) is 12.8. The van der Waals surface area contributed by atoms with E-state index in [1.54, 1.807) is 0 Å². The van der Waals surface area contributed by atoms with Gasteiger partial charge >= 0.3 is 11.7 Å². The molecule has 142 valence electrons. The predicted molar refractivity (Wildman–Crippen MR) is 88.3 cm³/mol. The van der Waals surface area contributed by atoms with Gasteiger partial charge < -0.3 is 19.8 Å². The van der Waals surface area contributed by atoms with Crippen LogP contribution in [0.15, 0.2) is 41.0 Å². The van der Waals surface area contributed by atoms with Crippen molar-refractivity contribution in [2.75, 3.05) is 11.9 Å². The average Bonchev–Trinajstić information content (AvgIpc) is 3.15. The van der Waals surface area contributed by atoms with Crippen LogP contribution in [0.2, 0.25) is 0 Å². The van der Waals surface area contributed by atoms with Crippen molar-refractivity contribution < 1.29 is 32.9 Å². The first-order valence-corrected chi connectivity index (χ1v) is 7.52. The van der Waals surface area contributed by atoms with Gasteiger partial charge in [-0.1, -0.05) is 0 Å². The van der Waals surface area contributed by atoms with Crippen molar-refractivity contribution in [2.24, 2.45) is 0 Å². The van der Waals surface area contributed by atoms with E-state index in [2.05, 4.69) is 10.6 Å². The predicted octanol–water partition coefficient (Wildman–Crippen LogP) is 1.63. The van der Waals surface area contributed by atoms with Gasteiger partial charge in [-0.05, 0) is 31.2 Å². The minimum Gasteiger partial charge on any atom is -0.459 e. The van der Waals surface area contributed by atoms with Gasteiger partial charge in [-0.2, -0.15) is 4.39 Å². The van der Waals surface area contributed by atoms with E-state index < -0.39 is 46.9 Å². The standard InChI is InChI=1S/C16H14FN3O7/c1-9(18-15(22)13-3-2-6-26-13)16(23)27-8-14(21)19-10-4-5-11(17)12(7-10)20(24)25/h2-7,9H,8H2,1H3,(H,18,22)(H,19,21)/t9-/m0/s1. The Bertz CT molecular complexity index is 867. The molecule has 2 aromatic rings. The molecule has 0 saturated carbocycles. The second-order valence-corrected chi connectivity index (χ2v) is 5.25. The molecule has 0 bridgehead atoms. The topological polar surface area (TPSA) is 141 Å². The number of anilines is 1. The minimum absolute atomic E-state index is 0.00490. The number of amides is 2. The number of ether oxygens (including phenoxy) is 1. The molecule has 0 saturated heterocycles. The van der Waals surface area contributed by atoms with Crippen LogP contribution in [0.4, 0.5) is 15.8 Å². The molecule has 2 N–H and O–H groups in total. The van der Waals surface area contributed by atoms with Gasteiger partial charge in [0, 0.05) is 11.8 Å². The van der Waals surface area contributed by atoms with E-state index in [0.717, 1.165) is 18.2 Å². The molecule has 1 aromatic carbocycles. The van der Waals surface area contributed by atoms with E-state index in [4.69, 9.17) is 9.15 Å². The highest BCUT2D eigenvalue weighted by atomic mass is 19.1. The maximum absolute atomic E-state index is 13.2. The Hall–Kier alpha value is -3.76. The summed E-state index contributed by atoms with van der Waals surface area (Å²) in [6.45, 7) is 0.648. The molecular weight excluding hydrogens is 365 g/mol. The van der Waals surface area contributed by atoms with Crippen LogP contribution in [0, 0.1) is 15.9 Å². The monoisotopic (exact) mass is 379 g/mol. The minimum atomic E-state index is -1.05. The molecule has 0 radical (unpaired) electrons. The Morgan fingerprint density at radius 3 is 2.70 bits per heavy atom. The summed E-state index contributed by atoms with van der Waals surface area (Å²) >= 11 is 0. The summed E-state index contributed by atoms with van der Waals surface area (Å²) in [7, 11) is 0. The molecular formula is C16H14FN3O7. The van der Waals surface area contributed by atoms with Crippen molar-refractivity contribution in [3.05, 3.63) is 58.3 Å². The van der Waals surface area contributed by atoms with Crippen LogP contribution in [0.25, 0.3) is 0 Å². The van der Waals surface area contributed by atoms with E-state index in [0.29, 0.717) is 0 Å². The fourth-order valence-electron chi connectivity index (χ4n) is 1.92. The van der Waals surface area contributed by atoms with Crippen molar-refractivity contribution in [3.63, 3.8) is 0 Å². The number of halogens is 1. The van der Waals surface area contributed by atoms with Crippen LogP contribution in [0.5, 0.6) is 0 Å². The summed E-state index contributed by atoms with van der Waals surface area (Å²) in [6.07, 6.45) is 1.29. The number of benzene rings is 1. The summed E-state index contributed by atoms with van der Waals surface area (Å²) in [4.78, 5) is 45.0. The zero-order chi connectivity index (χ0) is 20.0. The number of rotatable bonds is 7. The fourth-order valence-corrected chi connectivity index (χ4v) is 1.92. The third-order valence-electron chi connectivity index (χ3n) is 3.22. The number of nitro benzene ring substituents is 1. The van der Waals surface area contributed by atoms with Gasteiger partial charge in [-0.3, -0.25) is 19.7 Å². The number of carbonyl (C=O) groups excluding carboxylic acids is 3. The number of furan rings is 1. The molecule has 27 heavy (non-hydrogen) atoms. The van der Waals surface area contributed by atoms with E-state index in [9.17, 15) is 28.9 Å². The molecule has 0 aliphatic heterocycles.